The molecule has 4 heteroatoms. The number of carboxylic acids is 1. The highest BCUT2D eigenvalue weighted by molar-refractivity contribution is 5.95. The van der Waals surface area contributed by atoms with Crippen molar-refractivity contribution in [2.24, 2.45) is 11.8 Å². The number of allylic oxidation sites excluding steroid dienone is 2. The number of rotatable bonds is 3. The maximum atomic E-state index is 12.2. The minimum atomic E-state index is -1.16. The van der Waals surface area contributed by atoms with Crippen molar-refractivity contribution < 1.29 is 14.7 Å². The molecule has 106 valence electrons. The molecule has 2 atom stereocenters. The summed E-state index contributed by atoms with van der Waals surface area (Å²) in [6.07, 6.45) is 4.44. The number of benzene rings is 1. The third-order valence-corrected chi connectivity index (χ3v) is 3.85. The second kappa shape index (κ2) is 5.90. The number of carboxylic acid groups (broad SMARTS) is 1. The van der Waals surface area contributed by atoms with Crippen LogP contribution in [0.2, 0.25) is 0 Å². The predicted molar refractivity (Wildman–Crippen MR) is 74.9 cm³/mol. The molecular formula is C16H18NO3-. The topological polar surface area (TPSA) is 69.2 Å². The van der Waals surface area contributed by atoms with Gasteiger partial charge in [-0.05, 0) is 49.9 Å². The molecule has 0 heterocycles. The molecule has 0 unspecified atom stereocenters. The first-order valence-electron chi connectivity index (χ1n) is 6.73. The summed E-state index contributed by atoms with van der Waals surface area (Å²) in [4.78, 5) is 23.3. The van der Waals surface area contributed by atoms with Crippen molar-refractivity contribution in [2.75, 3.05) is 5.32 Å². The molecule has 2 rings (SSSR count). The number of carbonyl (C=O) groups is 2. The quantitative estimate of drug-likeness (QED) is 0.849. The molecule has 0 aromatic heterocycles. The standard InChI is InChI=1S/C16H19NO3/c1-10-7-8-12(9-11(10)2)17-15(18)13-5-3-4-6-14(13)16(19)20/h3-4,7-9,13-14H,5-6H2,1-2H3,(H,17,18)(H,19,20)/p-1/t13-,14-/m0/s1. The van der Waals surface area contributed by atoms with Crippen molar-refractivity contribution in [3.8, 4) is 0 Å². The molecule has 0 saturated carbocycles. The van der Waals surface area contributed by atoms with Gasteiger partial charge in [-0.2, -0.15) is 0 Å². The lowest BCUT2D eigenvalue weighted by atomic mass is 9.82. The molecule has 4 nitrogen and oxygen atoms in total. The van der Waals surface area contributed by atoms with Crippen LogP contribution in [-0.2, 0) is 9.59 Å². The molecule has 0 fully saturated rings. The molecular weight excluding hydrogens is 254 g/mol. The van der Waals surface area contributed by atoms with Gasteiger partial charge in [-0.3, -0.25) is 4.79 Å². The number of carbonyl (C=O) groups excluding carboxylic acids is 2. The minimum Gasteiger partial charge on any atom is -0.550 e. The van der Waals surface area contributed by atoms with Crippen LogP contribution in [0.5, 0.6) is 0 Å². The highest BCUT2D eigenvalue weighted by atomic mass is 16.4. The van der Waals surface area contributed by atoms with Gasteiger partial charge in [0.2, 0.25) is 5.91 Å². The van der Waals surface area contributed by atoms with Gasteiger partial charge in [0.25, 0.3) is 0 Å². The fraction of sp³-hybridized carbons (Fsp3) is 0.375. The second-order valence-electron chi connectivity index (χ2n) is 5.26. The maximum Gasteiger partial charge on any atom is 0.228 e. The van der Waals surface area contributed by atoms with Crippen LogP contribution in [0.3, 0.4) is 0 Å². The highest BCUT2D eigenvalue weighted by Gasteiger charge is 2.29. The average molecular weight is 272 g/mol. The normalized spacial score (nSPS) is 21.5. The average Bonchev–Trinajstić information content (AvgIpc) is 2.43. The summed E-state index contributed by atoms with van der Waals surface area (Å²) in [5, 5.41) is 13.9. The SMILES string of the molecule is Cc1ccc(NC(=O)[C@H]2CC=CC[C@@H]2C(=O)[O-])cc1C. The smallest absolute Gasteiger partial charge is 0.228 e. The molecule has 1 N–H and O–H groups in total. The molecule has 0 aliphatic heterocycles. The molecule has 0 radical (unpaired) electrons. The summed E-state index contributed by atoms with van der Waals surface area (Å²) in [5.41, 5.74) is 2.93. The summed E-state index contributed by atoms with van der Waals surface area (Å²) in [6, 6.07) is 5.65. The molecule has 1 aromatic carbocycles. The first-order valence-corrected chi connectivity index (χ1v) is 6.73. The summed E-state index contributed by atoms with van der Waals surface area (Å²) >= 11 is 0. The van der Waals surface area contributed by atoms with Crippen molar-refractivity contribution >= 4 is 17.6 Å². The van der Waals surface area contributed by atoms with Gasteiger partial charge in [0.15, 0.2) is 0 Å². The molecule has 1 aliphatic carbocycles. The van der Waals surface area contributed by atoms with Gasteiger partial charge < -0.3 is 15.2 Å². The molecule has 0 spiro atoms. The first-order chi connectivity index (χ1) is 9.49. The van der Waals surface area contributed by atoms with Crippen molar-refractivity contribution in [2.45, 2.75) is 26.7 Å². The Hall–Kier alpha value is -2.10. The molecule has 1 amide bonds. The van der Waals surface area contributed by atoms with Crippen LogP contribution in [0, 0.1) is 25.7 Å². The molecule has 0 bridgehead atoms. The molecule has 20 heavy (non-hydrogen) atoms. The Morgan fingerprint density at radius 1 is 1.10 bits per heavy atom. The van der Waals surface area contributed by atoms with Crippen LogP contribution in [0.15, 0.2) is 30.4 Å². The lowest BCUT2D eigenvalue weighted by Gasteiger charge is -2.28. The number of aryl methyl sites for hydroxylation is 2. The maximum absolute atomic E-state index is 12.2. The first kappa shape index (κ1) is 14.3. The van der Waals surface area contributed by atoms with Gasteiger partial charge >= 0.3 is 0 Å². The molecule has 1 aliphatic rings. The van der Waals surface area contributed by atoms with Gasteiger partial charge in [-0.25, -0.2) is 0 Å². The monoisotopic (exact) mass is 272 g/mol. The number of hydrogen-bond donors (Lipinski definition) is 1. The highest BCUT2D eigenvalue weighted by Crippen LogP contribution is 2.27. The lowest BCUT2D eigenvalue weighted by molar-refractivity contribution is -0.313. The van der Waals surface area contributed by atoms with E-state index in [2.05, 4.69) is 5.32 Å². The lowest BCUT2D eigenvalue weighted by Crippen LogP contribution is -2.41. The van der Waals surface area contributed by atoms with Gasteiger partial charge in [0.1, 0.15) is 0 Å². The third-order valence-electron chi connectivity index (χ3n) is 3.85. The van der Waals surface area contributed by atoms with E-state index in [1.54, 1.807) is 6.08 Å². The van der Waals surface area contributed by atoms with E-state index in [9.17, 15) is 14.7 Å². The van der Waals surface area contributed by atoms with Gasteiger partial charge in [-0.1, -0.05) is 18.2 Å². The Labute approximate surface area is 118 Å². The zero-order valence-corrected chi connectivity index (χ0v) is 11.7. The van der Waals surface area contributed by atoms with E-state index in [-0.39, 0.29) is 5.91 Å². The van der Waals surface area contributed by atoms with Crippen molar-refractivity contribution in [3.63, 3.8) is 0 Å². The van der Waals surface area contributed by atoms with E-state index in [4.69, 9.17) is 0 Å². The van der Waals surface area contributed by atoms with E-state index < -0.39 is 17.8 Å². The van der Waals surface area contributed by atoms with Crippen molar-refractivity contribution in [1.29, 1.82) is 0 Å². The summed E-state index contributed by atoms with van der Waals surface area (Å²) in [6.45, 7) is 3.97. The van der Waals surface area contributed by atoms with Gasteiger partial charge in [0, 0.05) is 17.6 Å². The van der Waals surface area contributed by atoms with Crippen LogP contribution in [0.25, 0.3) is 0 Å². The van der Waals surface area contributed by atoms with E-state index in [0.717, 1.165) is 11.1 Å². The fourth-order valence-corrected chi connectivity index (χ4v) is 2.42. The Morgan fingerprint density at radius 3 is 2.35 bits per heavy atom. The Bertz CT molecular complexity index is 563. The predicted octanol–water partition coefficient (Wildman–Crippen LogP) is 1.57. The number of anilines is 1. The van der Waals surface area contributed by atoms with Crippen LogP contribution >= 0.6 is 0 Å². The van der Waals surface area contributed by atoms with E-state index in [1.807, 2.05) is 38.1 Å². The number of aliphatic carboxylic acids is 1. The van der Waals surface area contributed by atoms with Crippen molar-refractivity contribution in [1.82, 2.24) is 0 Å². The van der Waals surface area contributed by atoms with Gasteiger partial charge in [-0.15, -0.1) is 0 Å². The van der Waals surface area contributed by atoms with Crippen LogP contribution in [-0.4, -0.2) is 11.9 Å². The number of amides is 1. The largest absolute Gasteiger partial charge is 0.550 e. The van der Waals surface area contributed by atoms with Crippen LogP contribution < -0.4 is 10.4 Å². The molecule has 1 aromatic rings. The third kappa shape index (κ3) is 3.07. The Balaban J connectivity index is 2.12. The molecule has 0 saturated heterocycles. The fourth-order valence-electron chi connectivity index (χ4n) is 2.42. The minimum absolute atomic E-state index is 0.258. The number of hydrogen-bond acceptors (Lipinski definition) is 3. The zero-order valence-electron chi connectivity index (χ0n) is 11.7. The summed E-state index contributed by atoms with van der Waals surface area (Å²) < 4.78 is 0. The summed E-state index contributed by atoms with van der Waals surface area (Å²) in [7, 11) is 0. The van der Waals surface area contributed by atoms with E-state index in [0.29, 0.717) is 18.5 Å². The second-order valence-corrected chi connectivity index (χ2v) is 5.26. The van der Waals surface area contributed by atoms with Gasteiger partial charge in [0.05, 0.1) is 5.92 Å². The van der Waals surface area contributed by atoms with E-state index in [1.165, 1.54) is 0 Å². The van der Waals surface area contributed by atoms with Crippen LogP contribution in [0.1, 0.15) is 24.0 Å². The number of nitrogens with one attached hydrogen (secondary N) is 1. The van der Waals surface area contributed by atoms with Crippen molar-refractivity contribution in [3.05, 3.63) is 41.5 Å². The summed E-state index contributed by atoms with van der Waals surface area (Å²) in [5.74, 6) is -2.72. The Kier molecular flexibility index (Phi) is 4.23. The van der Waals surface area contributed by atoms with Crippen LogP contribution in [0.4, 0.5) is 5.69 Å². The zero-order chi connectivity index (χ0) is 14.7. The van der Waals surface area contributed by atoms with E-state index >= 15 is 0 Å². The Morgan fingerprint density at radius 2 is 1.75 bits per heavy atom.